The van der Waals surface area contributed by atoms with Gasteiger partial charge in [-0.2, -0.15) is 0 Å². The number of nitrogens with two attached hydrogens (primary N) is 1. The second kappa shape index (κ2) is 8.43. The molecule has 0 aliphatic carbocycles. The van der Waals surface area contributed by atoms with E-state index < -0.39 is 0 Å². The zero-order valence-electron chi connectivity index (χ0n) is 12.4. The highest BCUT2D eigenvalue weighted by Gasteiger charge is 2.09. The predicted molar refractivity (Wildman–Crippen MR) is 79.1 cm³/mol. The number of hydrogen-bond acceptors (Lipinski definition) is 4. The van der Waals surface area contributed by atoms with Crippen LogP contribution in [0.25, 0.3) is 0 Å². The van der Waals surface area contributed by atoms with E-state index in [1.165, 1.54) is 0 Å². The highest BCUT2D eigenvalue weighted by atomic mass is 16.5. The fraction of sp³-hybridized carbons (Fsp3) is 0.533. The first-order chi connectivity index (χ1) is 9.56. The molecule has 0 saturated carbocycles. The lowest BCUT2D eigenvalue weighted by atomic mass is 10.1. The second-order valence-corrected chi connectivity index (χ2v) is 4.64. The number of ether oxygens (including phenoxy) is 2. The van der Waals surface area contributed by atoms with Gasteiger partial charge in [0.2, 0.25) is 0 Å². The van der Waals surface area contributed by atoms with Crippen LogP contribution < -0.4 is 20.5 Å². The Kier molecular flexibility index (Phi) is 6.87. The second-order valence-electron chi connectivity index (χ2n) is 4.64. The fourth-order valence-electron chi connectivity index (χ4n) is 1.83. The van der Waals surface area contributed by atoms with Gasteiger partial charge in [-0.3, -0.25) is 4.79 Å². The van der Waals surface area contributed by atoms with Crippen LogP contribution in [0.15, 0.2) is 18.2 Å². The maximum atomic E-state index is 11.4. The van der Waals surface area contributed by atoms with E-state index in [-0.39, 0.29) is 18.6 Å². The third kappa shape index (κ3) is 5.48. The van der Waals surface area contributed by atoms with Crippen molar-refractivity contribution in [2.75, 3.05) is 19.8 Å². The molecule has 0 radical (unpaired) electrons. The van der Waals surface area contributed by atoms with Crippen LogP contribution in [0.3, 0.4) is 0 Å². The van der Waals surface area contributed by atoms with Crippen LogP contribution in [-0.2, 0) is 11.2 Å². The molecule has 0 spiro atoms. The molecule has 5 heteroatoms. The molecule has 0 saturated heterocycles. The summed E-state index contributed by atoms with van der Waals surface area (Å²) in [6, 6.07) is 5.77. The molecular weight excluding hydrogens is 256 g/mol. The number of benzene rings is 1. The molecule has 112 valence electrons. The molecule has 0 heterocycles. The van der Waals surface area contributed by atoms with Crippen molar-refractivity contribution in [3.63, 3.8) is 0 Å². The maximum Gasteiger partial charge on any atom is 0.257 e. The van der Waals surface area contributed by atoms with Gasteiger partial charge in [0, 0.05) is 12.6 Å². The van der Waals surface area contributed by atoms with Crippen molar-refractivity contribution in [2.45, 2.75) is 33.2 Å². The molecular formula is C15H24N2O3. The molecule has 20 heavy (non-hydrogen) atoms. The summed E-state index contributed by atoms with van der Waals surface area (Å²) < 4.78 is 11.0. The van der Waals surface area contributed by atoms with Crippen molar-refractivity contribution in [1.29, 1.82) is 0 Å². The normalized spacial score (nSPS) is 11.8. The van der Waals surface area contributed by atoms with Gasteiger partial charge in [0.25, 0.3) is 5.91 Å². The van der Waals surface area contributed by atoms with Crippen molar-refractivity contribution in [1.82, 2.24) is 5.32 Å². The first-order valence-corrected chi connectivity index (χ1v) is 6.97. The van der Waals surface area contributed by atoms with Crippen molar-refractivity contribution < 1.29 is 14.3 Å². The topological polar surface area (TPSA) is 73.6 Å². The molecule has 0 aliphatic heterocycles. The van der Waals surface area contributed by atoms with E-state index in [4.69, 9.17) is 15.2 Å². The van der Waals surface area contributed by atoms with Crippen LogP contribution in [-0.4, -0.2) is 31.7 Å². The largest absolute Gasteiger partial charge is 0.490 e. The average Bonchev–Trinajstić information content (AvgIpc) is 2.38. The van der Waals surface area contributed by atoms with Gasteiger partial charge in [-0.25, -0.2) is 0 Å². The molecule has 1 aromatic rings. The molecule has 0 aliphatic rings. The van der Waals surface area contributed by atoms with Gasteiger partial charge in [0.1, 0.15) is 0 Å². The van der Waals surface area contributed by atoms with E-state index in [9.17, 15) is 4.79 Å². The number of rotatable bonds is 8. The third-order valence-electron chi connectivity index (χ3n) is 2.60. The highest BCUT2D eigenvalue weighted by Crippen LogP contribution is 2.28. The Morgan fingerprint density at radius 1 is 1.30 bits per heavy atom. The summed E-state index contributed by atoms with van der Waals surface area (Å²) in [6.45, 7) is 6.85. The molecule has 0 bridgehead atoms. The van der Waals surface area contributed by atoms with Crippen LogP contribution in [0, 0.1) is 0 Å². The van der Waals surface area contributed by atoms with Gasteiger partial charge in [0.15, 0.2) is 18.1 Å². The molecule has 3 N–H and O–H groups in total. The van der Waals surface area contributed by atoms with Gasteiger partial charge >= 0.3 is 0 Å². The number of hydrogen-bond donors (Lipinski definition) is 2. The van der Waals surface area contributed by atoms with Gasteiger partial charge in [-0.1, -0.05) is 6.07 Å². The van der Waals surface area contributed by atoms with Crippen LogP contribution in [0.4, 0.5) is 0 Å². The van der Waals surface area contributed by atoms with Crippen molar-refractivity contribution in [3.8, 4) is 11.5 Å². The summed E-state index contributed by atoms with van der Waals surface area (Å²) in [7, 11) is 0. The van der Waals surface area contributed by atoms with E-state index in [0.29, 0.717) is 24.7 Å². The number of likely N-dealkylation sites (N-methyl/N-ethyl adjacent to an activating group) is 1. The fourth-order valence-corrected chi connectivity index (χ4v) is 1.83. The lowest BCUT2D eigenvalue weighted by molar-refractivity contribution is -0.123. The van der Waals surface area contributed by atoms with Crippen molar-refractivity contribution >= 4 is 5.91 Å². The molecule has 1 aromatic carbocycles. The Morgan fingerprint density at radius 3 is 2.65 bits per heavy atom. The van der Waals surface area contributed by atoms with Gasteiger partial charge in [-0.15, -0.1) is 0 Å². The van der Waals surface area contributed by atoms with E-state index in [1.54, 1.807) is 0 Å². The lowest BCUT2D eigenvalue weighted by Crippen LogP contribution is -2.28. The Morgan fingerprint density at radius 2 is 2.05 bits per heavy atom. The zero-order chi connectivity index (χ0) is 15.0. The summed E-state index contributed by atoms with van der Waals surface area (Å²) in [4.78, 5) is 11.4. The Balaban J connectivity index is 2.76. The van der Waals surface area contributed by atoms with E-state index in [0.717, 1.165) is 12.0 Å². The summed E-state index contributed by atoms with van der Waals surface area (Å²) >= 11 is 0. The lowest BCUT2D eigenvalue weighted by Gasteiger charge is -2.14. The number of carbonyl (C=O) groups is 1. The summed E-state index contributed by atoms with van der Waals surface area (Å²) in [5.74, 6) is 1.08. The van der Waals surface area contributed by atoms with Crippen molar-refractivity contribution in [2.24, 2.45) is 5.73 Å². The van der Waals surface area contributed by atoms with Crippen LogP contribution in [0.1, 0.15) is 26.3 Å². The van der Waals surface area contributed by atoms with E-state index in [1.807, 2.05) is 39.0 Å². The monoisotopic (exact) mass is 280 g/mol. The number of carbonyl (C=O) groups excluding carboxylic acids is 1. The van der Waals surface area contributed by atoms with Crippen LogP contribution in [0.5, 0.6) is 11.5 Å². The summed E-state index contributed by atoms with van der Waals surface area (Å²) in [5, 5.41) is 2.68. The minimum absolute atomic E-state index is 0.0133. The van der Waals surface area contributed by atoms with Crippen LogP contribution in [0.2, 0.25) is 0 Å². The number of amides is 1. The van der Waals surface area contributed by atoms with Gasteiger partial charge in [-0.05, 0) is 44.9 Å². The van der Waals surface area contributed by atoms with Crippen LogP contribution >= 0.6 is 0 Å². The molecule has 1 atom stereocenters. The highest BCUT2D eigenvalue weighted by molar-refractivity contribution is 5.77. The first kappa shape index (κ1) is 16.3. The molecule has 0 fully saturated rings. The predicted octanol–water partition coefficient (Wildman–Crippen LogP) is 1.49. The molecule has 1 amide bonds. The zero-order valence-corrected chi connectivity index (χ0v) is 12.4. The molecule has 0 aromatic heterocycles. The molecule has 1 unspecified atom stereocenters. The minimum atomic E-state index is -0.144. The summed E-state index contributed by atoms with van der Waals surface area (Å²) in [6.07, 6.45) is 0.774. The molecule has 1 rings (SSSR count). The van der Waals surface area contributed by atoms with Crippen molar-refractivity contribution in [3.05, 3.63) is 23.8 Å². The first-order valence-electron chi connectivity index (χ1n) is 6.97. The average molecular weight is 280 g/mol. The SMILES string of the molecule is CCNC(=O)COc1ccc(CC(C)N)cc1OCC. The maximum absolute atomic E-state index is 11.4. The van der Waals surface area contributed by atoms with Gasteiger partial charge in [0.05, 0.1) is 6.61 Å². The van der Waals surface area contributed by atoms with E-state index in [2.05, 4.69) is 5.32 Å². The van der Waals surface area contributed by atoms with E-state index >= 15 is 0 Å². The number of nitrogens with one attached hydrogen (secondary N) is 1. The Hall–Kier alpha value is -1.75. The minimum Gasteiger partial charge on any atom is -0.490 e. The standard InChI is InChI=1S/C15H24N2O3/c1-4-17-15(18)10-20-13-7-6-12(8-11(3)16)9-14(13)19-5-2/h6-7,9,11H,4-5,8,10,16H2,1-3H3,(H,17,18). The molecule has 5 nitrogen and oxygen atoms in total. The smallest absolute Gasteiger partial charge is 0.257 e. The summed E-state index contributed by atoms with van der Waals surface area (Å²) in [5.41, 5.74) is 6.88. The Labute approximate surface area is 120 Å². The Bertz CT molecular complexity index is 433. The quantitative estimate of drug-likeness (QED) is 0.756. The van der Waals surface area contributed by atoms with Gasteiger partial charge < -0.3 is 20.5 Å². The third-order valence-corrected chi connectivity index (χ3v) is 2.60.